The number of rotatable bonds is 4. The lowest BCUT2D eigenvalue weighted by Crippen LogP contribution is -2.33. The van der Waals surface area contributed by atoms with E-state index in [0.717, 1.165) is 35.7 Å². The van der Waals surface area contributed by atoms with Crippen LogP contribution >= 0.6 is 0 Å². The Hall–Kier alpha value is -2.59. The van der Waals surface area contributed by atoms with Crippen LogP contribution in [0.4, 0.5) is 0 Å². The van der Waals surface area contributed by atoms with Crippen LogP contribution in [0, 0.1) is 0 Å². The molecule has 0 saturated heterocycles. The number of hydrogen-bond donors (Lipinski definition) is 1. The quantitative estimate of drug-likeness (QED) is 0.726. The minimum atomic E-state index is -0.276. The van der Waals surface area contributed by atoms with Crippen molar-refractivity contribution in [3.05, 3.63) is 70.9 Å². The Morgan fingerprint density at radius 2 is 1.96 bits per heavy atom. The fourth-order valence-electron chi connectivity index (χ4n) is 3.83. The molecule has 1 atom stereocenters. The van der Waals surface area contributed by atoms with E-state index in [1.54, 1.807) is 0 Å². The summed E-state index contributed by atoms with van der Waals surface area (Å²) in [7, 11) is 4.27. The van der Waals surface area contributed by atoms with Gasteiger partial charge in [-0.25, -0.2) is 4.79 Å². The van der Waals surface area contributed by atoms with Gasteiger partial charge in [-0.05, 0) is 50.6 Å². The second kappa shape index (κ2) is 6.96. The summed E-state index contributed by atoms with van der Waals surface area (Å²) in [6.07, 6.45) is 3.18. The molecular weight excluding hydrogens is 324 g/mol. The number of carbonyl (C=O) groups is 1. The van der Waals surface area contributed by atoms with Crippen LogP contribution in [-0.2, 0) is 24.2 Å². The first-order valence-corrected chi connectivity index (χ1v) is 9.13. The van der Waals surface area contributed by atoms with Crippen LogP contribution in [0.15, 0.2) is 48.5 Å². The zero-order valence-electron chi connectivity index (χ0n) is 15.3. The molecule has 1 aromatic heterocycles. The van der Waals surface area contributed by atoms with E-state index in [-0.39, 0.29) is 5.97 Å². The number of aromatic nitrogens is 1. The molecule has 0 saturated carbocycles. The highest BCUT2D eigenvalue weighted by molar-refractivity contribution is 6.04. The van der Waals surface area contributed by atoms with E-state index < -0.39 is 0 Å². The zero-order valence-corrected chi connectivity index (χ0v) is 15.3. The molecule has 1 aliphatic carbocycles. The van der Waals surface area contributed by atoms with E-state index in [1.807, 2.05) is 42.5 Å². The molecule has 134 valence electrons. The summed E-state index contributed by atoms with van der Waals surface area (Å²) in [5, 5.41) is 1.15. The standard InChI is InChI=1S/C22H24N2O2/c1-24(2)16-11-12-20-19(13-16)17-9-6-10-18(21(17)23-20)22(25)26-14-15-7-4-3-5-8-15/h3-10,16,23H,11-14H2,1-2H3. The number of nitrogens with zero attached hydrogens (tertiary/aromatic N) is 1. The zero-order chi connectivity index (χ0) is 18.1. The number of benzene rings is 2. The van der Waals surface area contributed by atoms with Gasteiger partial charge in [0.25, 0.3) is 0 Å². The van der Waals surface area contributed by atoms with E-state index in [4.69, 9.17) is 4.74 Å². The van der Waals surface area contributed by atoms with Crippen molar-refractivity contribution >= 4 is 16.9 Å². The van der Waals surface area contributed by atoms with Gasteiger partial charge in [-0.3, -0.25) is 0 Å². The number of ether oxygens (including phenoxy) is 1. The first-order valence-electron chi connectivity index (χ1n) is 9.13. The number of likely N-dealkylation sites (N-methyl/N-ethyl adjacent to an activating group) is 1. The third kappa shape index (κ3) is 3.13. The molecule has 0 amide bonds. The number of fused-ring (bicyclic) bond motifs is 3. The van der Waals surface area contributed by atoms with Crippen molar-refractivity contribution < 1.29 is 9.53 Å². The monoisotopic (exact) mass is 348 g/mol. The summed E-state index contributed by atoms with van der Waals surface area (Å²) in [5.41, 5.74) is 5.14. The minimum absolute atomic E-state index is 0.276. The van der Waals surface area contributed by atoms with Crippen molar-refractivity contribution in [1.82, 2.24) is 9.88 Å². The predicted molar refractivity (Wildman–Crippen MR) is 103 cm³/mol. The smallest absolute Gasteiger partial charge is 0.340 e. The lowest BCUT2D eigenvalue weighted by Gasteiger charge is -2.28. The Balaban J connectivity index is 1.61. The second-order valence-electron chi connectivity index (χ2n) is 7.23. The van der Waals surface area contributed by atoms with E-state index in [9.17, 15) is 4.79 Å². The molecule has 4 nitrogen and oxygen atoms in total. The molecule has 4 rings (SSSR count). The van der Waals surface area contributed by atoms with Crippen LogP contribution in [-0.4, -0.2) is 36.0 Å². The Morgan fingerprint density at radius 3 is 2.73 bits per heavy atom. The third-order valence-corrected chi connectivity index (χ3v) is 5.36. The lowest BCUT2D eigenvalue weighted by molar-refractivity contribution is 0.0475. The molecule has 1 unspecified atom stereocenters. The number of hydrogen-bond acceptors (Lipinski definition) is 3. The maximum Gasteiger partial charge on any atom is 0.340 e. The Bertz CT molecular complexity index is 928. The predicted octanol–water partition coefficient (Wildman–Crippen LogP) is 3.94. The van der Waals surface area contributed by atoms with E-state index in [2.05, 4.69) is 30.0 Å². The minimum Gasteiger partial charge on any atom is -0.457 e. The Morgan fingerprint density at radius 1 is 1.15 bits per heavy atom. The second-order valence-corrected chi connectivity index (χ2v) is 7.23. The van der Waals surface area contributed by atoms with Gasteiger partial charge in [0.15, 0.2) is 0 Å². The lowest BCUT2D eigenvalue weighted by atomic mass is 9.90. The number of nitrogens with one attached hydrogen (secondary N) is 1. The van der Waals surface area contributed by atoms with Crippen molar-refractivity contribution in [3.63, 3.8) is 0 Å². The molecule has 4 heteroatoms. The van der Waals surface area contributed by atoms with Gasteiger partial charge in [-0.1, -0.05) is 42.5 Å². The fraction of sp³-hybridized carbons (Fsp3) is 0.318. The van der Waals surface area contributed by atoms with Crippen molar-refractivity contribution in [1.29, 1.82) is 0 Å². The van der Waals surface area contributed by atoms with Crippen LogP contribution in [0.5, 0.6) is 0 Å². The van der Waals surface area contributed by atoms with Gasteiger partial charge < -0.3 is 14.6 Å². The molecule has 1 aliphatic rings. The summed E-state index contributed by atoms with van der Waals surface area (Å²) in [6, 6.07) is 16.2. The first-order chi connectivity index (χ1) is 12.6. The normalized spacial score (nSPS) is 16.7. The van der Waals surface area contributed by atoms with Gasteiger partial charge in [-0.2, -0.15) is 0 Å². The van der Waals surface area contributed by atoms with Crippen LogP contribution < -0.4 is 0 Å². The fourth-order valence-corrected chi connectivity index (χ4v) is 3.83. The highest BCUT2D eigenvalue weighted by Gasteiger charge is 2.25. The van der Waals surface area contributed by atoms with Crippen LogP contribution in [0.2, 0.25) is 0 Å². The van der Waals surface area contributed by atoms with E-state index >= 15 is 0 Å². The highest BCUT2D eigenvalue weighted by atomic mass is 16.5. The number of para-hydroxylation sites is 1. The molecule has 0 aliphatic heterocycles. The van der Waals surface area contributed by atoms with Gasteiger partial charge in [0, 0.05) is 17.1 Å². The van der Waals surface area contributed by atoms with Gasteiger partial charge in [0.2, 0.25) is 0 Å². The van der Waals surface area contributed by atoms with Crippen LogP contribution in [0.25, 0.3) is 10.9 Å². The molecule has 0 radical (unpaired) electrons. The summed E-state index contributed by atoms with van der Waals surface area (Å²) < 4.78 is 5.55. The number of aromatic amines is 1. The molecule has 0 bridgehead atoms. The van der Waals surface area contributed by atoms with Crippen molar-refractivity contribution in [2.24, 2.45) is 0 Å². The molecule has 0 spiro atoms. The molecule has 0 fully saturated rings. The van der Waals surface area contributed by atoms with Crippen molar-refractivity contribution in [2.45, 2.75) is 31.9 Å². The average molecular weight is 348 g/mol. The number of carbonyl (C=O) groups excluding carboxylic acids is 1. The van der Waals surface area contributed by atoms with E-state index in [1.165, 1.54) is 11.3 Å². The van der Waals surface area contributed by atoms with Gasteiger partial charge in [-0.15, -0.1) is 0 Å². The number of aryl methyl sites for hydroxylation is 1. The molecule has 1 heterocycles. The molecule has 2 aromatic carbocycles. The molecule has 26 heavy (non-hydrogen) atoms. The maximum absolute atomic E-state index is 12.7. The number of H-pyrrole nitrogens is 1. The first kappa shape index (κ1) is 16.9. The summed E-state index contributed by atoms with van der Waals surface area (Å²) >= 11 is 0. The van der Waals surface area contributed by atoms with Crippen LogP contribution in [0.1, 0.15) is 33.6 Å². The van der Waals surface area contributed by atoms with E-state index in [0.29, 0.717) is 18.2 Å². The maximum atomic E-state index is 12.7. The average Bonchev–Trinajstić information content (AvgIpc) is 3.04. The third-order valence-electron chi connectivity index (χ3n) is 5.36. The number of esters is 1. The molecule has 1 N–H and O–H groups in total. The van der Waals surface area contributed by atoms with Crippen molar-refractivity contribution in [3.8, 4) is 0 Å². The highest BCUT2D eigenvalue weighted by Crippen LogP contribution is 2.32. The Kier molecular flexibility index (Phi) is 4.51. The summed E-state index contributed by atoms with van der Waals surface area (Å²) in [4.78, 5) is 18.5. The van der Waals surface area contributed by atoms with Gasteiger partial charge in [0.1, 0.15) is 6.61 Å². The summed E-state index contributed by atoms with van der Waals surface area (Å²) in [6.45, 7) is 0.291. The van der Waals surface area contributed by atoms with Gasteiger partial charge in [0.05, 0.1) is 11.1 Å². The Labute approximate surface area is 153 Å². The molecular formula is C22H24N2O2. The largest absolute Gasteiger partial charge is 0.457 e. The topological polar surface area (TPSA) is 45.3 Å². The SMILES string of the molecule is CN(C)C1CCc2[nH]c3c(C(=O)OCc4ccccc4)cccc3c2C1. The van der Waals surface area contributed by atoms with Crippen molar-refractivity contribution in [2.75, 3.05) is 14.1 Å². The van der Waals surface area contributed by atoms with Gasteiger partial charge >= 0.3 is 5.97 Å². The summed E-state index contributed by atoms with van der Waals surface area (Å²) in [5.74, 6) is -0.276. The van der Waals surface area contributed by atoms with Crippen LogP contribution in [0.3, 0.4) is 0 Å². The molecule has 3 aromatic rings.